The summed E-state index contributed by atoms with van der Waals surface area (Å²) >= 11 is 0.869. The summed E-state index contributed by atoms with van der Waals surface area (Å²) in [5, 5.41) is 17.4. The second-order valence-corrected chi connectivity index (χ2v) is 9.62. The third kappa shape index (κ3) is 5.17. The van der Waals surface area contributed by atoms with Crippen molar-refractivity contribution in [3.63, 3.8) is 0 Å². The highest BCUT2D eigenvalue weighted by molar-refractivity contribution is 8.00. The molecule has 0 radical (unpaired) electrons. The lowest BCUT2D eigenvalue weighted by Gasteiger charge is -2.21. The minimum Gasteiger partial charge on any atom is -0.394 e. The van der Waals surface area contributed by atoms with Gasteiger partial charge in [-0.25, -0.2) is 13.8 Å². The molecule has 1 unspecified atom stereocenters. The Kier molecular flexibility index (Phi) is 7.01. The fourth-order valence-corrected chi connectivity index (χ4v) is 5.74. The number of phosphoric ester groups is 1. The number of ether oxygens (including phenoxy) is 1. The van der Waals surface area contributed by atoms with Crippen molar-refractivity contribution in [1.82, 2.24) is 9.55 Å². The number of aliphatic hydroxyl groups excluding tert-OH is 2. The average molecular weight is 455 g/mol. The van der Waals surface area contributed by atoms with E-state index >= 15 is 0 Å². The molecule has 2 aliphatic rings. The summed E-state index contributed by atoms with van der Waals surface area (Å²) in [5.74, 6) is -0.0187. The Morgan fingerprint density at radius 3 is 2.93 bits per heavy atom. The zero-order chi connectivity index (χ0) is 21.3. The minimum absolute atomic E-state index is 0.0187. The zero-order valence-corrected chi connectivity index (χ0v) is 17.1. The molecule has 1 aromatic heterocycles. The van der Waals surface area contributed by atoms with Crippen LogP contribution in [-0.4, -0.2) is 73.7 Å². The Hall–Kier alpha value is -1.05. The fraction of sp³-hybridized carbons (Fsp3) is 0.733. The monoisotopic (exact) mass is 455 g/mol. The molecule has 0 bridgehead atoms. The topological polar surface area (TPSA) is 166 Å². The van der Waals surface area contributed by atoms with Gasteiger partial charge in [0.15, 0.2) is 6.17 Å². The zero-order valence-electron chi connectivity index (χ0n) is 15.4. The van der Waals surface area contributed by atoms with Crippen LogP contribution in [0.1, 0.15) is 18.7 Å². The number of phosphoric acid groups is 1. The summed E-state index contributed by atoms with van der Waals surface area (Å²) in [5.41, 5.74) is 4.64. The normalized spacial score (nSPS) is 36.9. The van der Waals surface area contributed by atoms with Crippen LogP contribution in [0.15, 0.2) is 17.1 Å². The Morgan fingerprint density at radius 2 is 2.28 bits per heavy atom. The van der Waals surface area contributed by atoms with Gasteiger partial charge >= 0.3 is 13.5 Å². The molecule has 0 aromatic carbocycles. The van der Waals surface area contributed by atoms with Gasteiger partial charge < -0.3 is 25.6 Å². The van der Waals surface area contributed by atoms with Gasteiger partial charge in [-0.15, -0.1) is 11.8 Å². The van der Waals surface area contributed by atoms with Gasteiger partial charge in [-0.05, 0) is 13.0 Å². The first kappa shape index (κ1) is 22.6. The van der Waals surface area contributed by atoms with Crippen LogP contribution in [-0.2, 0) is 18.3 Å². The Bertz CT molecular complexity index is 831. The maximum atomic E-state index is 14.5. The molecule has 14 heteroatoms. The predicted molar refractivity (Wildman–Crippen MR) is 101 cm³/mol. The van der Waals surface area contributed by atoms with E-state index in [1.54, 1.807) is 6.92 Å². The number of nitrogens with zero attached hydrogens (tertiary/aromatic N) is 2. The van der Waals surface area contributed by atoms with E-state index in [2.05, 4.69) is 4.98 Å². The quantitative estimate of drug-likeness (QED) is 0.403. The van der Waals surface area contributed by atoms with E-state index in [1.807, 2.05) is 0 Å². The number of alkyl halides is 1. The van der Waals surface area contributed by atoms with Crippen LogP contribution >= 0.6 is 19.6 Å². The highest BCUT2D eigenvalue weighted by Gasteiger charge is 2.46. The number of nitrogens with two attached hydrogens (primary N) is 1. The average Bonchev–Trinajstić information content (AvgIpc) is 3.13. The number of hydrogen-bond donors (Lipinski definition) is 4. The summed E-state index contributed by atoms with van der Waals surface area (Å²) in [6, 6.07) is 1.32. The maximum absolute atomic E-state index is 14.5. The summed E-state index contributed by atoms with van der Waals surface area (Å²) in [4.78, 5) is 25.4. The van der Waals surface area contributed by atoms with Crippen LogP contribution in [0.5, 0.6) is 0 Å². The SMILES string of the molecule is C[C@H]1C[C@H](OP(=O)(O)OC[C@H]2S[C@@H](n3ccc(N)nc3=O)[C@@H](F)[C@@H]2O)[C@@H](CO)O1. The maximum Gasteiger partial charge on any atom is 0.472 e. The Morgan fingerprint density at radius 1 is 1.55 bits per heavy atom. The molecule has 2 fully saturated rings. The molecule has 164 valence electrons. The second kappa shape index (κ2) is 8.98. The van der Waals surface area contributed by atoms with Crippen molar-refractivity contribution in [2.45, 2.75) is 54.6 Å². The molecule has 1 aromatic rings. The van der Waals surface area contributed by atoms with Gasteiger partial charge in [-0.2, -0.15) is 4.98 Å². The summed E-state index contributed by atoms with van der Waals surface area (Å²) in [6.45, 7) is 0.846. The molecule has 8 atom stereocenters. The van der Waals surface area contributed by atoms with Gasteiger partial charge in [0, 0.05) is 12.6 Å². The number of hydrogen-bond acceptors (Lipinski definition) is 10. The Labute approximate surface area is 169 Å². The first-order valence-electron chi connectivity index (χ1n) is 8.85. The summed E-state index contributed by atoms with van der Waals surface area (Å²) < 4.78 is 43.1. The Balaban J connectivity index is 1.61. The van der Waals surface area contributed by atoms with Crippen molar-refractivity contribution in [2.24, 2.45) is 0 Å². The molecule has 0 aliphatic carbocycles. The van der Waals surface area contributed by atoms with Gasteiger partial charge in [0.25, 0.3) is 0 Å². The molecule has 3 rings (SSSR count). The van der Waals surface area contributed by atoms with Crippen LogP contribution in [0.25, 0.3) is 0 Å². The smallest absolute Gasteiger partial charge is 0.394 e. The molecule has 0 amide bonds. The molecular weight excluding hydrogens is 432 g/mol. The van der Waals surface area contributed by atoms with Crippen LogP contribution in [0.3, 0.4) is 0 Å². The number of halogens is 1. The number of thioether (sulfide) groups is 1. The van der Waals surface area contributed by atoms with Gasteiger partial charge in [-0.1, -0.05) is 0 Å². The number of aromatic nitrogens is 2. The van der Waals surface area contributed by atoms with E-state index in [9.17, 15) is 28.9 Å². The lowest BCUT2D eigenvalue weighted by Crippen LogP contribution is -2.33. The third-order valence-corrected chi connectivity index (χ3v) is 7.20. The number of aliphatic hydroxyl groups is 2. The first-order valence-corrected chi connectivity index (χ1v) is 11.3. The second-order valence-electron chi connectivity index (χ2n) is 6.85. The molecule has 29 heavy (non-hydrogen) atoms. The van der Waals surface area contributed by atoms with E-state index in [4.69, 9.17) is 19.5 Å². The lowest BCUT2D eigenvalue weighted by molar-refractivity contribution is -0.0199. The third-order valence-electron chi connectivity index (χ3n) is 4.66. The molecule has 2 saturated heterocycles. The van der Waals surface area contributed by atoms with Crippen LogP contribution in [0.4, 0.5) is 10.2 Å². The van der Waals surface area contributed by atoms with Crippen LogP contribution < -0.4 is 11.4 Å². The van der Waals surface area contributed by atoms with Crippen molar-refractivity contribution in [2.75, 3.05) is 18.9 Å². The van der Waals surface area contributed by atoms with Crippen molar-refractivity contribution >= 4 is 25.4 Å². The molecule has 5 N–H and O–H groups in total. The first-order chi connectivity index (χ1) is 13.6. The fourth-order valence-electron chi connectivity index (χ4n) is 3.25. The van der Waals surface area contributed by atoms with Gasteiger partial charge in [0.1, 0.15) is 29.5 Å². The highest BCUT2D eigenvalue weighted by Crippen LogP contribution is 2.50. The van der Waals surface area contributed by atoms with E-state index in [0.717, 1.165) is 16.3 Å². The molecule has 11 nitrogen and oxygen atoms in total. The van der Waals surface area contributed by atoms with Crippen molar-refractivity contribution in [3.8, 4) is 0 Å². The van der Waals surface area contributed by atoms with Gasteiger partial charge in [-0.3, -0.25) is 13.6 Å². The number of nitrogen functional groups attached to an aromatic ring is 1. The largest absolute Gasteiger partial charge is 0.472 e. The van der Waals surface area contributed by atoms with Crippen molar-refractivity contribution in [1.29, 1.82) is 0 Å². The lowest BCUT2D eigenvalue weighted by atomic mass is 10.1. The summed E-state index contributed by atoms with van der Waals surface area (Å²) in [7, 11) is -4.56. The molecule has 0 saturated carbocycles. The van der Waals surface area contributed by atoms with Gasteiger partial charge in [0.05, 0.1) is 24.6 Å². The van der Waals surface area contributed by atoms with Gasteiger partial charge in [0.2, 0.25) is 0 Å². The molecule has 3 heterocycles. The standard InChI is InChI=1S/C15H23FN3O8PS/c1-7-4-8(9(5-20)26-7)27-28(23,24)25-6-10-13(21)12(16)14(29-10)19-3-2-11(17)18-15(19)22/h2-3,7-10,12-14,20-21H,4-6H2,1H3,(H,23,24)(H2,17,18,22)/t7-,8-,9+,10+,12-,13+,14+/m0/s1. The van der Waals surface area contributed by atoms with Crippen molar-refractivity contribution < 1.29 is 37.8 Å². The van der Waals surface area contributed by atoms with E-state index in [1.165, 1.54) is 12.3 Å². The van der Waals surface area contributed by atoms with Crippen molar-refractivity contribution in [3.05, 3.63) is 22.7 Å². The van der Waals surface area contributed by atoms with Crippen LogP contribution in [0.2, 0.25) is 0 Å². The summed E-state index contributed by atoms with van der Waals surface area (Å²) in [6.07, 6.45) is -3.68. The molecule has 0 spiro atoms. The number of rotatable bonds is 7. The van der Waals surface area contributed by atoms with E-state index in [-0.39, 0.29) is 18.5 Å². The highest BCUT2D eigenvalue weighted by atomic mass is 32.2. The minimum atomic E-state index is -4.56. The molecular formula is C15H23FN3O8PS. The predicted octanol–water partition coefficient (Wildman–Crippen LogP) is -0.190. The molecule has 2 aliphatic heterocycles. The van der Waals surface area contributed by atoms with Crippen LogP contribution in [0, 0.1) is 0 Å². The van der Waals surface area contributed by atoms with E-state index < -0.39 is 55.2 Å². The van der Waals surface area contributed by atoms with E-state index in [0.29, 0.717) is 6.42 Å². The number of anilines is 1.